The van der Waals surface area contributed by atoms with Crippen LogP contribution in [0.2, 0.25) is 5.02 Å². The highest BCUT2D eigenvalue weighted by Crippen LogP contribution is 2.38. The number of aryl methyl sites for hydroxylation is 1. The second-order valence-corrected chi connectivity index (χ2v) is 10.2. The fraction of sp³-hybridized carbons (Fsp3) is 0.192. The standard InChI is InChI=1S/C26H19BrClN3O2S/c27-22-12-17(7-10-23(22)33-15-16-5-8-19(28)9-6-16)11-18(13-29)25(32)31-26-21(14-30)20-3-1-2-4-24(20)34-26/h5-12H,1-4,15H2,(H,31,32)/b18-11+. The van der Waals surface area contributed by atoms with Gasteiger partial charge >= 0.3 is 0 Å². The Morgan fingerprint density at radius 2 is 1.94 bits per heavy atom. The van der Waals surface area contributed by atoms with Gasteiger partial charge in [-0.25, -0.2) is 0 Å². The highest BCUT2D eigenvalue weighted by Gasteiger charge is 2.22. The third-order valence-corrected chi connectivity index (χ3v) is 7.53. The van der Waals surface area contributed by atoms with E-state index < -0.39 is 5.91 Å². The van der Waals surface area contributed by atoms with Crippen molar-refractivity contribution in [1.29, 1.82) is 10.5 Å². The van der Waals surface area contributed by atoms with Gasteiger partial charge in [0.15, 0.2) is 0 Å². The number of thiophene rings is 1. The average molecular weight is 553 g/mol. The molecule has 0 atom stereocenters. The quantitative estimate of drug-likeness (QED) is 0.262. The summed E-state index contributed by atoms with van der Waals surface area (Å²) in [7, 11) is 0. The van der Waals surface area contributed by atoms with Crippen LogP contribution in [0.3, 0.4) is 0 Å². The van der Waals surface area contributed by atoms with Crippen LogP contribution in [0, 0.1) is 22.7 Å². The number of nitrogens with one attached hydrogen (secondary N) is 1. The Morgan fingerprint density at radius 1 is 1.18 bits per heavy atom. The first-order valence-corrected chi connectivity index (χ1v) is 12.6. The van der Waals surface area contributed by atoms with Crippen molar-refractivity contribution in [2.45, 2.75) is 32.3 Å². The Bertz CT molecular complexity index is 1350. The number of benzene rings is 2. The first-order chi connectivity index (χ1) is 16.5. The van der Waals surface area contributed by atoms with Gasteiger partial charge in [-0.3, -0.25) is 4.79 Å². The van der Waals surface area contributed by atoms with Crippen molar-refractivity contribution in [1.82, 2.24) is 0 Å². The van der Waals surface area contributed by atoms with E-state index in [0.717, 1.165) is 41.7 Å². The molecule has 4 rings (SSSR count). The zero-order chi connectivity index (χ0) is 24.1. The van der Waals surface area contributed by atoms with Crippen molar-refractivity contribution in [2.24, 2.45) is 0 Å². The van der Waals surface area contributed by atoms with Crippen LogP contribution in [0.25, 0.3) is 6.08 Å². The number of nitriles is 2. The fourth-order valence-corrected chi connectivity index (χ4v) is 5.60. The smallest absolute Gasteiger partial charge is 0.266 e. The first-order valence-electron chi connectivity index (χ1n) is 10.6. The van der Waals surface area contributed by atoms with Gasteiger partial charge < -0.3 is 10.1 Å². The Labute approximate surface area is 215 Å². The van der Waals surface area contributed by atoms with Crippen LogP contribution in [0.5, 0.6) is 5.75 Å². The molecule has 0 aliphatic heterocycles. The van der Waals surface area contributed by atoms with Gasteiger partial charge in [0.25, 0.3) is 5.91 Å². The van der Waals surface area contributed by atoms with Crippen molar-refractivity contribution in [3.05, 3.63) is 84.7 Å². The third kappa shape index (κ3) is 5.51. The van der Waals surface area contributed by atoms with E-state index in [2.05, 4.69) is 27.3 Å². The Hall–Kier alpha value is -3.10. The van der Waals surface area contributed by atoms with Crippen LogP contribution in [-0.2, 0) is 24.2 Å². The molecule has 1 aromatic heterocycles. The molecule has 0 saturated carbocycles. The molecule has 1 amide bonds. The average Bonchev–Trinajstić information content (AvgIpc) is 3.19. The molecule has 0 radical (unpaired) electrons. The van der Waals surface area contributed by atoms with Crippen LogP contribution in [0.15, 0.2) is 52.5 Å². The van der Waals surface area contributed by atoms with Gasteiger partial charge in [-0.05, 0) is 88.6 Å². The summed E-state index contributed by atoms with van der Waals surface area (Å²) >= 11 is 10.8. The molecule has 5 nitrogen and oxygen atoms in total. The van der Waals surface area contributed by atoms with E-state index in [0.29, 0.717) is 38.0 Å². The van der Waals surface area contributed by atoms with Crippen LogP contribution >= 0.6 is 38.9 Å². The van der Waals surface area contributed by atoms with E-state index in [4.69, 9.17) is 16.3 Å². The number of hydrogen-bond acceptors (Lipinski definition) is 5. The third-order valence-electron chi connectivity index (χ3n) is 5.45. The molecule has 0 spiro atoms. The molecule has 34 heavy (non-hydrogen) atoms. The summed E-state index contributed by atoms with van der Waals surface area (Å²) in [6, 6.07) is 16.9. The second-order valence-electron chi connectivity index (χ2n) is 7.76. The van der Waals surface area contributed by atoms with Gasteiger partial charge in [-0.15, -0.1) is 11.3 Å². The number of fused-ring (bicyclic) bond motifs is 1. The molecule has 0 fully saturated rings. The molecule has 1 heterocycles. The van der Waals surface area contributed by atoms with Crippen molar-refractivity contribution >= 4 is 55.9 Å². The fourth-order valence-electron chi connectivity index (χ4n) is 3.72. The summed E-state index contributed by atoms with van der Waals surface area (Å²) in [5.41, 5.74) is 3.17. The minimum absolute atomic E-state index is 0.0444. The highest BCUT2D eigenvalue weighted by molar-refractivity contribution is 9.10. The lowest BCUT2D eigenvalue weighted by Gasteiger charge is -2.09. The molecule has 1 aliphatic carbocycles. The topological polar surface area (TPSA) is 85.9 Å². The minimum Gasteiger partial charge on any atom is -0.488 e. The molecule has 170 valence electrons. The summed E-state index contributed by atoms with van der Waals surface area (Å²) < 4.78 is 6.56. The van der Waals surface area contributed by atoms with Crippen molar-refractivity contribution < 1.29 is 9.53 Å². The Morgan fingerprint density at radius 3 is 2.65 bits per heavy atom. The van der Waals surface area contributed by atoms with Crippen LogP contribution < -0.4 is 10.1 Å². The van der Waals surface area contributed by atoms with Gasteiger partial charge in [0.2, 0.25) is 0 Å². The molecule has 3 aromatic rings. The maximum atomic E-state index is 12.8. The van der Waals surface area contributed by atoms with Crippen molar-refractivity contribution in [3.63, 3.8) is 0 Å². The predicted octanol–water partition coefficient (Wildman–Crippen LogP) is 7.04. The first kappa shape index (κ1) is 24.0. The summed E-state index contributed by atoms with van der Waals surface area (Å²) in [5, 5.41) is 23.2. The van der Waals surface area contributed by atoms with E-state index in [1.54, 1.807) is 18.2 Å². The number of nitrogens with zero attached hydrogens (tertiary/aromatic N) is 2. The summed E-state index contributed by atoms with van der Waals surface area (Å²) in [6.45, 7) is 0.378. The van der Waals surface area contributed by atoms with Crippen molar-refractivity contribution in [3.8, 4) is 17.9 Å². The van der Waals surface area contributed by atoms with Gasteiger partial charge in [-0.1, -0.05) is 29.8 Å². The number of carbonyl (C=O) groups is 1. The maximum Gasteiger partial charge on any atom is 0.266 e. The zero-order valence-corrected chi connectivity index (χ0v) is 21.2. The number of halogens is 2. The molecule has 0 bridgehead atoms. The van der Waals surface area contributed by atoms with Gasteiger partial charge in [0.05, 0.1) is 10.0 Å². The number of anilines is 1. The number of amides is 1. The minimum atomic E-state index is -0.531. The predicted molar refractivity (Wildman–Crippen MR) is 138 cm³/mol. The molecular formula is C26H19BrClN3O2S. The molecule has 1 N–H and O–H groups in total. The molecule has 0 saturated heterocycles. The number of rotatable bonds is 6. The summed E-state index contributed by atoms with van der Waals surface area (Å²) in [4.78, 5) is 14.0. The molecule has 8 heteroatoms. The summed E-state index contributed by atoms with van der Waals surface area (Å²) in [6.07, 6.45) is 5.42. The molecule has 2 aromatic carbocycles. The molecular weight excluding hydrogens is 534 g/mol. The van der Waals surface area contributed by atoms with E-state index in [1.807, 2.05) is 30.3 Å². The van der Waals surface area contributed by atoms with Gasteiger partial charge in [0.1, 0.15) is 35.1 Å². The number of hydrogen-bond donors (Lipinski definition) is 1. The highest BCUT2D eigenvalue weighted by atomic mass is 79.9. The number of carbonyl (C=O) groups excluding carboxylic acids is 1. The lowest BCUT2D eigenvalue weighted by molar-refractivity contribution is -0.112. The maximum absolute atomic E-state index is 12.8. The van der Waals surface area contributed by atoms with Crippen molar-refractivity contribution in [2.75, 3.05) is 5.32 Å². The van der Waals surface area contributed by atoms with E-state index in [1.165, 1.54) is 17.4 Å². The van der Waals surface area contributed by atoms with E-state index >= 15 is 0 Å². The number of ether oxygens (including phenoxy) is 1. The van der Waals surface area contributed by atoms with E-state index in [9.17, 15) is 15.3 Å². The van der Waals surface area contributed by atoms with Crippen LogP contribution in [0.4, 0.5) is 5.00 Å². The zero-order valence-electron chi connectivity index (χ0n) is 18.0. The van der Waals surface area contributed by atoms with E-state index in [-0.39, 0.29) is 5.57 Å². The monoisotopic (exact) mass is 551 g/mol. The molecule has 1 aliphatic rings. The van der Waals surface area contributed by atoms with Gasteiger partial charge in [0, 0.05) is 9.90 Å². The SMILES string of the molecule is N#C/C(=C\c1ccc(OCc2ccc(Cl)cc2)c(Br)c1)C(=O)Nc1sc2c(c1C#N)CCCC2. The van der Waals surface area contributed by atoms with Crippen LogP contribution in [-0.4, -0.2) is 5.91 Å². The summed E-state index contributed by atoms with van der Waals surface area (Å²) in [5.74, 6) is 0.106. The van der Waals surface area contributed by atoms with Crippen LogP contribution in [0.1, 0.15) is 40.0 Å². The normalized spacial score (nSPS) is 12.9. The Balaban J connectivity index is 1.48. The lowest BCUT2D eigenvalue weighted by atomic mass is 9.96. The van der Waals surface area contributed by atoms with Gasteiger partial charge in [-0.2, -0.15) is 10.5 Å². The lowest BCUT2D eigenvalue weighted by Crippen LogP contribution is -2.13. The largest absolute Gasteiger partial charge is 0.488 e. The molecule has 0 unspecified atom stereocenters. The Kier molecular flexibility index (Phi) is 7.70. The second kappa shape index (κ2) is 10.9.